The van der Waals surface area contributed by atoms with E-state index in [1.807, 2.05) is 30.3 Å². The van der Waals surface area contributed by atoms with Crippen molar-refractivity contribution >= 4 is 47.3 Å². The minimum absolute atomic E-state index is 0.00118. The molecule has 7 N–H and O–H groups in total. The summed E-state index contributed by atoms with van der Waals surface area (Å²) < 4.78 is 23.0. The van der Waals surface area contributed by atoms with Gasteiger partial charge in [-0.25, -0.2) is 0 Å². The molecule has 0 aliphatic carbocycles. The minimum atomic E-state index is -1.33. The van der Waals surface area contributed by atoms with E-state index in [9.17, 15) is 38.4 Å². The summed E-state index contributed by atoms with van der Waals surface area (Å²) in [6.07, 6.45) is 1.77. The number of hydrogen-bond donors (Lipinski definition) is 7. The minimum Gasteiger partial charge on any atom is -0.461 e. The molecule has 0 saturated carbocycles. The fraction of sp³-hybridized carbons (Fsp3) is 0.650. The first-order chi connectivity index (χ1) is 28.3. The van der Waals surface area contributed by atoms with Crippen LogP contribution in [0.5, 0.6) is 0 Å². The van der Waals surface area contributed by atoms with Gasteiger partial charge in [0.15, 0.2) is 0 Å². The molecule has 1 aromatic rings. The van der Waals surface area contributed by atoms with Crippen molar-refractivity contribution in [3.63, 3.8) is 0 Å². The van der Waals surface area contributed by atoms with Crippen molar-refractivity contribution < 1.29 is 57.3 Å². The molecule has 0 aromatic heterocycles. The summed E-state index contributed by atoms with van der Waals surface area (Å²) in [4.78, 5) is 96.2. The molecule has 1 rings (SSSR count). The van der Waals surface area contributed by atoms with Gasteiger partial charge in [0.25, 0.3) is 0 Å². The van der Waals surface area contributed by atoms with Crippen molar-refractivity contribution in [3.05, 3.63) is 35.9 Å². The molecule has 59 heavy (non-hydrogen) atoms. The number of carbonyl (C=O) groups is 8. The predicted molar refractivity (Wildman–Crippen MR) is 216 cm³/mol. The number of benzene rings is 1. The maximum Gasteiger partial charge on any atom is 0.306 e. The fourth-order valence-corrected chi connectivity index (χ4v) is 5.10. The number of hydrogen-bond acceptors (Lipinski definition) is 12. The van der Waals surface area contributed by atoms with Crippen LogP contribution in [0.25, 0.3) is 0 Å². The molecule has 0 atom stereocenters. The molecular formula is C40H65N7O12. The first-order valence-electron chi connectivity index (χ1n) is 20.1. The highest BCUT2D eigenvalue weighted by Crippen LogP contribution is 2.12. The second-order valence-electron chi connectivity index (χ2n) is 13.8. The van der Waals surface area contributed by atoms with Crippen LogP contribution in [-0.2, 0) is 63.9 Å². The number of nitrogens with one attached hydrogen (secondary N) is 7. The third kappa shape index (κ3) is 30.6. The zero-order valence-corrected chi connectivity index (χ0v) is 34.8. The maximum absolute atomic E-state index is 13.4. The Morgan fingerprint density at radius 3 is 1.25 bits per heavy atom. The van der Waals surface area contributed by atoms with E-state index in [0.717, 1.165) is 5.56 Å². The molecule has 19 heteroatoms. The summed E-state index contributed by atoms with van der Waals surface area (Å²) in [6.45, 7) is 6.09. The van der Waals surface area contributed by atoms with Crippen LogP contribution in [-0.4, -0.2) is 132 Å². The van der Waals surface area contributed by atoms with Crippen LogP contribution in [0, 0.1) is 0 Å². The van der Waals surface area contributed by atoms with Gasteiger partial charge in [0.1, 0.15) is 12.1 Å². The number of ether oxygens (including phenoxy) is 4. The Labute approximate surface area is 346 Å². The molecule has 0 aliphatic rings. The lowest BCUT2D eigenvalue weighted by atomic mass is 10.0. The first kappa shape index (κ1) is 51.9. The Kier molecular flexibility index (Phi) is 28.8. The van der Waals surface area contributed by atoms with Crippen molar-refractivity contribution in [3.8, 4) is 0 Å². The van der Waals surface area contributed by atoms with Gasteiger partial charge in [0.2, 0.25) is 41.4 Å². The van der Waals surface area contributed by atoms with Crippen molar-refractivity contribution in [1.82, 2.24) is 37.2 Å². The van der Waals surface area contributed by atoms with Gasteiger partial charge in [-0.05, 0) is 31.2 Å². The smallest absolute Gasteiger partial charge is 0.306 e. The monoisotopic (exact) mass is 835 g/mol. The number of esters is 1. The van der Waals surface area contributed by atoms with E-state index in [4.69, 9.17) is 18.9 Å². The highest BCUT2D eigenvalue weighted by molar-refractivity contribution is 5.78. The van der Waals surface area contributed by atoms with E-state index in [-0.39, 0.29) is 120 Å². The van der Waals surface area contributed by atoms with Crippen LogP contribution in [0.3, 0.4) is 0 Å². The molecule has 0 spiro atoms. The van der Waals surface area contributed by atoms with Gasteiger partial charge in [-0.15, -0.1) is 0 Å². The van der Waals surface area contributed by atoms with Crippen LogP contribution in [0.1, 0.15) is 84.1 Å². The molecule has 332 valence electrons. The van der Waals surface area contributed by atoms with Crippen molar-refractivity contribution in [2.45, 2.75) is 90.7 Å². The van der Waals surface area contributed by atoms with Crippen LogP contribution < -0.4 is 37.2 Å². The zero-order valence-electron chi connectivity index (χ0n) is 34.8. The maximum atomic E-state index is 13.4. The van der Waals surface area contributed by atoms with E-state index in [0.29, 0.717) is 58.5 Å². The van der Waals surface area contributed by atoms with E-state index in [1.165, 1.54) is 20.8 Å². The Balaban J connectivity index is 2.92. The van der Waals surface area contributed by atoms with E-state index >= 15 is 0 Å². The molecule has 0 saturated heterocycles. The summed E-state index contributed by atoms with van der Waals surface area (Å²) in [5, 5.41) is 19.2. The highest BCUT2D eigenvalue weighted by Gasteiger charge is 2.34. The summed E-state index contributed by atoms with van der Waals surface area (Å²) in [5.74, 6) is -2.22. The van der Waals surface area contributed by atoms with Crippen molar-refractivity contribution in [2.24, 2.45) is 0 Å². The van der Waals surface area contributed by atoms with E-state index in [1.54, 1.807) is 0 Å². The summed E-state index contributed by atoms with van der Waals surface area (Å²) in [6, 6.07) is 9.20. The lowest BCUT2D eigenvalue weighted by Crippen LogP contribution is -2.58. The zero-order chi connectivity index (χ0) is 43.6. The highest BCUT2D eigenvalue weighted by atomic mass is 16.5. The van der Waals surface area contributed by atoms with E-state index < -0.39 is 17.4 Å². The van der Waals surface area contributed by atoms with Gasteiger partial charge >= 0.3 is 5.97 Å². The van der Waals surface area contributed by atoms with Gasteiger partial charge in [-0.2, -0.15) is 0 Å². The van der Waals surface area contributed by atoms with Crippen LogP contribution in [0.15, 0.2) is 30.3 Å². The normalized spacial score (nSPS) is 10.8. The molecule has 0 fully saturated rings. The fourth-order valence-electron chi connectivity index (χ4n) is 5.10. The second-order valence-corrected chi connectivity index (χ2v) is 13.8. The molecule has 0 heterocycles. The largest absolute Gasteiger partial charge is 0.461 e. The standard InChI is InChI=1S/C40H65N7O12/c1-31(48)41-18-8-21-44-35(51)15-24-56-28-40(29-57-25-16-36(52)45-22-9-19-42-32(2)49,30-58-26-17-37(53)46-23-10-20-43-33(3)50)47-38(54)13-7-14-39(55)59-27-34-11-5-4-6-12-34/h4-6,11-12H,7-10,13-30H2,1-3H3,(H,41,48)(H,42,49)(H,43,50)(H,44,51)(H,45,52)(H,46,53)(H,47,54). The summed E-state index contributed by atoms with van der Waals surface area (Å²) in [7, 11) is 0. The Morgan fingerprint density at radius 2 is 0.864 bits per heavy atom. The predicted octanol–water partition coefficient (Wildman–Crippen LogP) is -0.0976. The average Bonchev–Trinajstić information content (AvgIpc) is 3.18. The lowest BCUT2D eigenvalue weighted by Gasteiger charge is -2.34. The van der Waals surface area contributed by atoms with Crippen LogP contribution in [0.2, 0.25) is 0 Å². The topological polar surface area (TPSA) is 258 Å². The third-order valence-electron chi connectivity index (χ3n) is 8.14. The third-order valence-corrected chi connectivity index (χ3v) is 8.14. The summed E-state index contributed by atoms with van der Waals surface area (Å²) >= 11 is 0. The SMILES string of the molecule is CC(=O)NCCCNC(=O)CCOCC(COCCC(=O)NCCCNC(C)=O)(COCCC(=O)NCCCNC(C)=O)NC(=O)CCCC(=O)OCc1ccccc1. The molecule has 7 amide bonds. The van der Waals surface area contributed by atoms with Gasteiger partial charge in [0, 0.05) is 92.1 Å². The van der Waals surface area contributed by atoms with Gasteiger partial charge < -0.3 is 56.2 Å². The molecule has 0 unspecified atom stereocenters. The van der Waals surface area contributed by atoms with Crippen LogP contribution in [0.4, 0.5) is 0 Å². The number of carbonyl (C=O) groups excluding carboxylic acids is 8. The molecular weight excluding hydrogens is 770 g/mol. The molecule has 0 aliphatic heterocycles. The molecule has 0 bridgehead atoms. The van der Waals surface area contributed by atoms with Gasteiger partial charge in [0.05, 0.1) is 39.6 Å². The Hall–Kier alpha value is -5.14. The molecule has 0 radical (unpaired) electrons. The summed E-state index contributed by atoms with van der Waals surface area (Å²) in [5.41, 5.74) is -0.495. The van der Waals surface area contributed by atoms with Crippen LogP contribution >= 0.6 is 0 Å². The first-order valence-corrected chi connectivity index (χ1v) is 20.1. The van der Waals surface area contributed by atoms with Gasteiger partial charge in [-0.1, -0.05) is 30.3 Å². The quantitative estimate of drug-likeness (QED) is 0.0355. The van der Waals surface area contributed by atoms with E-state index in [2.05, 4.69) is 37.2 Å². The van der Waals surface area contributed by atoms with Crippen molar-refractivity contribution in [1.29, 1.82) is 0 Å². The van der Waals surface area contributed by atoms with Gasteiger partial charge in [-0.3, -0.25) is 38.4 Å². The second kappa shape index (κ2) is 32.8. The number of amides is 7. The lowest BCUT2D eigenvalue weighted by molar-refractivity contribution is -0.145. The van der Waals surface area contributed by atoms with Crippen molar-refractivity contribution in [2.75, 3.05) is 78.9 Å². The average molecular weight is 836 g/mol. The Bertz CT molecular complexity index is 1320. The Morgan fingerprint density at radius 1 is 0.475 bits per heavy atom. The molecule has 1 aromatic carbocycles. The molecule has 19 nitrogen and oxygen atoms in total. The number of rotatable bonds is 34.